The highest BCUT2D eigenvalue weighted by molar-refractivity contribution is 7.86. The summed E-state index contributed by atoms with van der Waals surface area (Å²) < 4.78 is 25.5. The van der Waals surface area contributed by atoms with Gasteiger partial charge in [-0.2, -0.15) is 8.42 Å². The fourth-order valence-corrected chi connectivity index (χ4v) is 1.09. The van der Waals surface area contributed by atoms with Gasteiger partial charge in [-0.15, -0.1) is 0 Å². The Morgan fingerprint density at radius 3 is 1.90 bits per heavy atom. The second-order valence-corrected chi connectivity index (χ2v) is 3.97. The summed E-state index contributed by atoms with van der Waals surface area (Å²) in [5.41, 5.74) is 5.35. The van der Waals surface area contributed by atoms with E-state index in [1.807, 2.05) is 0 Å². The van der Waals surface area contributed by atoms with Crippen molar-refractivity contribution in [1.29, 1.82) is 0 Å². The van der Waals surface area contributed by atoms with E-state index >= 15 is 0 Å². The first kappa shape index (κ1) is 9.87. The van der Waals surface area contributed by atoms with Crippen LogP contribution in [-0.2, 0) is 14.3 Å². The molecule has 0 bridgehead atoms. The van der Waals surface area contributed by atoms with Gasteiger partial charge in [0.25, 0.3) is 10.1 Å². The zero-order valence-corrected chi connectivity index (χ0v) is 7.18. The first-order valence-corrected chi connectivity index (χ1v) is 4.78. The molecule has 0 amide bonds. The van der Waals surface area contributed by atoms with E-state index in [1.165, 1.54) is 0 Å². The fraction of sp³-hybridized carbons (Fsp3) is 1.00. The highest BCUT2D eigenvalue weighted by atomic mass is 32.2. The summed E-state index contributed by atoms with van der Waals surface area (Å²) >= 11 is 0. The number of nitrogens with two attached hydrogens (primary N) is 1. The zero-order chi connectivity index (χ0) is 8.36. The van der Waals surface area contributed by atoms with Gasteiger partial charge in [-0.1, -0.05) is 0 Å². The van der Waals surface area contributed by atoms with E-state index < -0.39 is 16.2 Å². The molecule has 2 atom stereocenters. The Balaban J connectivity index is 3.93. The lowest BCUT2D eigenvalue weighted by atomic mass is 10.2. The van der Waals surface area contributed by atoms with Crippen molar-refractivity contribution in [3.05, 3.63) is 0 Å². The summed E-state index contributed by atoms with van der Waals surface area (Å²) in [6.07, 6.45) is 0.557. The monoisotopic (exact) mass is 167 g/mol. The van der Waals surface area contributed by atoms with Crippen LogP contribution >= 0.6 is 0 Å². The van der Waals surface area contributed by atoms with Crippen LogP contribution in [0, 0.1) is 0 Å². The summed E-state index contributed by atoms with van der Waals surface area (Å²) in [5, 5.41) is 0. The zero-order valence-electron chi connectivity index (χ0n) is 6.37. The first-order valence-electron chi connectivity index (χ1n) is 2.97. The van der Waals surface area contributed by atoms with Crippen LogP contribution in [0.25, 0.3) is 0 Å². The second kappa shape index (κ2) is 3.32. The molecular formula is C5H13NO3S. The summed E-state index contributed by atoms with van der Waals surface area (Å²) in [4.78, 5) is 0. The predicted octanol–water partition coefficient (Wildman–Crippen LogP) is -0.302. The van der Waals surface area contributed by atoms with Gasteiger partial charge in [-0.05, 0) is 13.8 Å². The molecule has 0 rings (SSSR count). The molecule has 0 heterocycles. The van der Waals surface area contributed by atoms with Crippen LogP contribution in [0.15, 0.2) is 0 Å². The SMILES string of the molecule is C[C@H](N)[C@@H](C)OS(C)(=O)=O. The van der Waals surface area contributed by atoms with Crippen molar-refractivity contribution in [3.63, 3.8) is 0 Å². The highest BCUT2D eigenvalue weighted by Crippen LogP contribution is 1.99. The minimum Gasteiger partial charge on any atom is -0.326 e. The topological polar surface area (TPSA) is 69.4 Å². The van der Waals surface area contributed by atoms with Crippen molar-refractivity contribution < 1.29 is 12.6 Å². The van der Waals surface area contributed by atoms with Crippen LogP contribution in [0.4, 0.5) is 0 Å². The molecule has 0 fully saturated rings. The molecule has 0 aliphatic heterocycles. The maximum Gasteiger partial charge on any atom is 0.264 e. The van der Waals surface area contributed by atoms with Gasteiger partial charge in [0.2, 0.25) is 0 Å². The molecular weight excluding hydrogens is 154 g/mol. The quantitative estimate of drug-likeness (QED) is 0.586. The largest absolute Gasteiger partial charge is 0.326 e. The Bertz CT molecular complexity index is 185. The third kappa shape index (κ3) is 4.72. The van der Waals surface area contributed by atoms with E-state index in [-0.39, 0.29) is 6.04 Å². The molecule has 0 saturated heterocycles. The van der Waals surface area contributed by atoms with Crippen molar-refractivity contribution in [2.24, 2.45) is 5.73 Å². The molecule has 0 unspecified atom stereocenters. The Hall–Kier alpha value is -0.130. The van der Waals surface area contributed by atoms with Gasteiger partial charge in [0.05, 0.1) is 12.4 Å². The normalized spacial score (nSPS) is 18.4. The van der Waals surface area contributed by atoms with Crippen molar-refractivity contribution in [1.82, 2.24) is 0 Å². The molecule has 62 valence electrons. The maximum atomic E-state index is 10.5. The minimum atomic E-state index is -3.35. The number of hydrogen-bond donors (Lipinski definition) is 1. The Morgan fingerprint density at radius 1 is 1.40 bits per heavy atom. The lowest BCUT2D eigenvalue weighted by molar-refractivity contribution is 0.206. The van der Waals surface area contributed by atoms with Gasteiger partial charge in [0.15, 0.2) is 0 Å². The lowest BCUT2D eigenvalue weighted by Crippen LogP contribution is -2.32. The van der Waals surface area contributed by atoms with E-state index in [4.69, 9.17) is 5.73 Å². The molecule has 5 heteroatoms. The van der Waals surface area contributed by atoms with Gasteiger partial charge < -0.3 is 5.73 Å². The van der Waals surface area contributed by atoms with Gasteiger partial charge in [-0.25, -0.2) is 0 Å². The van der Waals surface area contributed by atoms with Crippen LogP contribution < -0.4 is 5.73 Å². The van der Waals surface area contributed by atoms with Crippen LogP contribution in [-0.4, -0.2) is 26.8 Å². The molecule has 0 aromatic carbocycles. The number of rotatable bonds is 3. The molecule has 0 aromatic heterocycles. The van der Waals surface area contributed by atoms with Gasteiger partial charge in [0.1, 0.15) is 0 Å². The maximum absolute atomic E-state index is 10.5. The van der Waals surface area contributed by atoms with Crippen molar-refractivity contribution in [2.45, 2.75) is 26.0 Å². The highest BCUT2D eigenvalue weighted by Gasteiger charge is 2.13. The third-order valence-electron chi connectivity index (χ3n) is 1.07. The average Bonchev–Trinajstić information content (AvgIpc) is 1.60. The predicted molar refractivity (Wildman–Crippen MR) is 39.0 cm³/mol. The summed E-state index contributed by atoms with van der Waals surface area (Å²) in [6, 6.07) is -0.269. The molecule has 0 aliphatic carbocycles. The van der Waals surface area contributed by atoms with Gasteiger partial charge in [-0.3, -0.25) is 4.18 Å². The van der Waals surface area contributed by atoms with E-state index in [0.717, 1.165) is 6.26 Å². The standard InChI is InChI=1S/C5H13NO3S/c1-4(6)5(2)9-10(3,7)8/h4-5H,6H2,1-3H3/t4-,5+/m0/s1. The van der Waals surface area contributed by atoms with Crippen LogP contribution in [0.1, 0.15) is 13.8 Å². The molecule has 0 radical (unpaired) electrons. The Morgan fingerprint density at radius 2 is 1.80 bits per heavy atom. The molecule has 2 N–H and O–H groups in total. The van der Waals surface area contributed by atoms with E-state index in [1.54, 1.807) is 13.8 Å². The molecule has 10 heavy (non-hydrogen) atoms. The van der Waals surface area contributed by atoms with E-state index in [0.29, 0.717) is 0 Å². The Labute approximate surface area is 61.5 Å². The average molecular weight is 167 g/mol. The van der Waals surface area contributed by atoms with Crippen LogP contribution in [0.3, 0.4) is 0 Å². The summed E-state index contributed by atoms with van der Waals surface area (Å²) in [6.45, 7) is 3.31. The first-order chi connectivity index (χ1) is 4.33. The molecule has 0 aromatic rings. The molecule has 0 saturated carbocycles. The summed E-state index contributed by atoms with van der Waals surface area (Å²) in [5.74, 6) is 0. The third-order valence-corrected chi connectivity index (χ3v) is 1.72. The van der Waals surface area contributed by atoms with E-state index in [2.05, 4.69) is 4.18 Å². The lowest BCUT2D eigenvalue weighted by Gasteiger charge is -2.13. The van der Waals surface area contributed by atoms with Crippen LogP contribution in [0.2, 0.25) is 0 Å². The second-order valence-electron chi connectivity index (χ2n) is 2.36. The minimum absolute atomic E-state index is 0.269. The molecule has 0 aliphatic rings. The van der Waals surface area contributed by atoms with Gasteiger partial charge >= 0.3 is 0 Å². The Kier molecular flexibility index (Phi) is 3.27. The van der Waals surface area contributed by atoms with Crippen molar-refractivity contribution in [2.75, 3.05) is 6.26 Å². The van der Waals surface area contributed by atoms with Crippen molar-refractivity contribution >= 4 is 10.1 Å². The van der Waals surface area contributed by atoms with Crippen molar-refractivity contribution in [3.8, 4) is 0 Å². The molecule has 4 nitrogen and oxygen atoms in total. The van der Waals surface area contributed by atoms with E-state index in [9.17, 15) is 8.42 Å². The van der Waals surface area contributed by atoms with Crippen LogP contribution in [0.5, 0.6) is 0 Å². The van der Waals surface area contributed by atoms with Gasteiger partial charge in [0, 0.05) is 6.04 Å². The smallest absolute Gasteiger partial charge is 0.264 e. The fourth-order valence-electron chi connectivity index (χ4n) is 0.363. The molecule has 0 spiro atoms. The summed E-state index contributed by atoms with van der Waals surface area (Å²) in [7, 11) is -3.35. The number of hydrogen-bond acceptors (Lipinski definition) is 4.